The lowest BCUT2D eigenvalue weighted by Gasteiger charge is -2.17. The number of aromatic nitrogens is 2. The van der Waals surface area contributed by atoms with Crippen LogP contribution in [0.25, 0.3) is 0 Å². The van der Waals surface area contributed by atoms with Gasteiger partial charge < -0.3 is 15.2 Å². The molecule has 0 amide bonds. The van der Waals surface area contributed by atoms with Gasteiger partial charge in [0.1, 0.15) is 28.9 Å². The van der Waals surface area contributed by atoms with E-state index in [1.165, 1.54) is 10.9 Å². The number of nitrogens with zero attached hydrogens (tertiary/aromatic N) is 3. The third kappa shape index (κ3) is 6.39. The van der Waals surface area contributed by atoms with Crippen molar-refractivity contribution in [3.05, 3.63) is 45.3 Å². The van der Waals surface area contributed by atoms with Crippen LogP contribution in [-0.2, 0) is 6.42 Å². The second kappa shape index (κ2) is 11.1. The van der Waals surface area contributed by atoms with E-state index in [1.807, 2.05) is 32.0 Å². The molecule has 9 heteroatoms. The molecule has 29 heavy (non-hydrogen) atoms. The number of thioether (sulfide) groups is 1. The quantitative estimate of drug-likeness (QED) is 0.430. The van der Waals surface area contributed by atoms with Gasteiger partial charge in [0, 0.05) is 11.4 Å². The normalized spacial score (nSPS) is 11.9. The lowest BCUT2D eigenvalue weighted by atomic mass is 10.1. The molecule has 2 rings (SSSR count). The van der Waals surface area contributed by atoms with Gasteiger partial charge in [0.05, 0.1) is 17.9 Å². The van der Waals surface area contributed by atoms with Crippen LogP contribution in [0, 0.1) is 10.7 Å². The van der Waals surface area contributed by atoms with Gasteiger partial charge >= 0.3 is 0 Å². The van der Waals surface area contributed by atoms with E-state index < -0.39 is 6.10 Å². The molecule has 1 unspecified atom stereocenters. The predicted molar refractivity (Wildman–Crippen MR) is 116 cm³/mol. The number of anilines is 1. The predicted octanol–water partition coefficient (Wildman–Crippen LogP) is 3.86. The molecule has 156 valence electrons. The minimum atomic E-state index is -0.818. The topological polar surface area (TPSA) is 100 Å². The van der Waals surface area contributed by atoms with Gasteiger partial charge in [-0.1, -0.05) is 24.9 Å². The first kappa shape index (κ1) is 23.1. The fraction of sp³-hybridized carbons (Fsp3) is 0.450. The van der Waals surface area contributed by atoms with Crippen molar-refractivity contribution in [2.75, 3.05) is 18.5 Å². The Labute approximate surface area is 179 Å². The molecule has 2 aromatic rings. The molecule has 0 spiro atoms. The summed E-state index contributed by atoms with van der Waals surface area (Å²) in [5, 5.41) is 28.2. The third-order valence-electron chi connectivity index (χ3n) is 4.11. The second-order valence-electron chi connectivity index (χ2n) is 6.77. The maximum absolute atomic E-state index is 12.2. The highest BCUT2D eigenvalue weighted by molar-refractivity contribution is 8.03. The number of aryl methyl sites for hydroxylation is 1. The van der Waals surface area contributed by atoms with E-state index in [0.717, 1.165) is 35.1 Å². The SMILES string of the molecule is CCCc1cc(SC#N)ccc1OCC(O)CNc1cnn(C(C)C)c(=O)c1Cl. The first-order chi connectivity index (χ1) is 13.9. The molecule has 0 radical (unpaired) electrons. The molecule has 0 bridgehead atoms. The van der Waals surface area contributed by atoms with Crippen molar-refractivity contribution in [1.82, 2.24) is 9.78 Å². The van der Waals surface area contributed by atoms with Crippen molar-refractivity contribution in [3.8, 4) is 11.2 Å². The number of nitrogens with one attached hydrogen (secondary N) is 1. The molecule has 0 saturated carbocycles. The summed E-state index contributed by atoms with van der Waals surface area (Å²) >= 11 is 7.23. The van der Waals surface area contributed by atoms with Crippen LogP contribution in [0.1, 0.15) is 38.8 Å². The number of hydrogen-bond acceptors (Lipinski definition) is 7. The van der Waals surface area contributed by atoms with Crippen LogP contribution >= 0.6 is 23.4 Å². The van der Waals surface area contributed by atoms with Gasteiger partial charge in [-0.05, 0) is 55.8 Å². The van der Waals surface area contributed by atoms with E-state index in [0.29, 0.717) is 11.4 Å². The van der Waals surface area contributed by atoms with Crippen LogP contribution in [0.4, 0.5) is 5.69 Å². The summed E-state index contributed by atoms with van der Waals surface area (Å²) in [6.07, 6.45) is 2.41. The number of halogens is 1. The maximum Gasteiger partial charge on any atom is 0.287 e. The summed E-state index contributed by atoms with van der Waals surface area (Å²) in [4.78, 5) is 13.0. The molecular formula is C20H25ClN4O3S. The minimum absolute atomic E-state index is 0.0395. The zero-order valence-corrected chi connectivity index (χ0v) is 18.3. The van der Waals surface area contributed by atoms with E-state index in [2.05, 4.69) is 22.7 Å². The molecule has 0 aliphatic heterocycles. The van der Waals surface area contributed by atoms with Crippen molar-refractivity contribution in [2.24, 2.45) is 0 Å². The van der Waals surface area contributed by atoms with Crippen LogP contribution in [0.3, 0.4) is 0 Å². The fourth-order valence-electron chi connectivity index (χ4n) is 2.69. The number of nitriles is 1. The first-order valence-corrected chi connectivity index (χ1v) is 10.6. The number of benzene rings is 1. The number of aliphatic hydroxyl groups is 1. The average Bonchev–Trinajstić information content (AvgIpc) is 2.68. The molecule has 0 aliphatic carbocycles. The molecule has 0 fully saturated rings. The van der Waals surface area contributed by atoms with E-state index in [9.17, 15) is 9.90 Å². The molecule has 1 aromatic heterocycles. The van der Waals surface area contributed by atoms with Crippen LogP contribution in [0.2, 0.25) is 5.02 Å². The largest absolute Gasteiger partial charge is 0.491 e. The van der Waals surface area contributed by atoms with Gasteiger partial charge in [-0.3, -0.25) is 4.79 Å². The van der Waals surface area contributed by atoms with Gasteiger partial charge in [-0.15, -0.1) is 0 Å². The van der Waals surface area contributed by atoms with Crippen LogP contribution in [-0.4, -0.2) is 34.1 Å². The van der Waals surface area contributed by atoms with Gasteiger partial charge in [0.15, 0.2) is 0 Å². The Morgan fingerprint density at radius 1 is 1.45 bits per heavy atom. The summed E-state index contributed by atoms with van der Waals surface area (Å²) in [5.74, 6) is 0.687. The van der Waals surface area contributed by atoms with Crippen LogP contribution in [0.15, 0.2) is 34.1 Å². The smallest absolute Gasteiger partial charge is 0.287 e. The summed E-state index contributed by atoms with van der Waals surface area (Å²) in [7, 11) is 0. The van der Waals surface area contributed by atoms with E-state index in [1.54, 1.807) is 0 Å². The molecule has 0 aliphatic rings. The van der Waals surface area contributed by atoms with Gasteiger partial charge in [0.25, 0.3) is 5.56 Å². The molecule has 7 nitrogen and oxygen atoms in total. The van der Waals surface area contributed by atoms with Crippen LogP contribution < -0.4 is 15.6 Å². The molecule has 1 aromatic carbocycles. The Balaban J connectivity index is 1.97. The highest BCUT2D eigenvalue weighted by atomic mass is 35.5. The third-order valence-corrected chi connectivity index (χ3v) is 5.05. The zero-order chi connectivity index (χ0) is 21.4. The number of hydrogen-bond donors (Lipinski definition) is 2. The maximum atomic E-state index is 12.2. The summed E-state index contributed by atoms with van der Waals surface area (Å²) < 4.78 is 7.08. The van der Waals surface area contributed by atoms with Crippen molar-refractivity contribution in [1.29, 1.82) is 5.26 Å². The van der Waals surface area contributed by atoms with Crippen molar-refractivity contribution in [3.63, 3.8) is 0 Å². The second-order valence-corrected chi connectivity index (χ2v) is 8.01. The number of rotatable bonds is 10. The Morgan fingerprint density at radius 2 is 2.21 bits per heavy atom. The molecular weight excluding hydrogens is 412 g/mol. The van der Waals surface area contributed by atoms with Gasteiger partial charge in [0.2, 0.25) is 0 Å². The molecule has 1 heterocycles. The number of ether oxygens (including phenoxy) is 1. The zero-order valence-electron chi connectivity index (χ0n) is 16.7. The standard InChI is InChI=1S/C20H25ClN4O3S/c1-4-5-14-8-16(29-12-22)6-7-18(14)28-11-15(26)9-23-17-10-24-25(13(2)3)20(27)19(17)21/h6-8,10,13,15,23,26H,4-5,9,11H2,1-3H3. The molecule has 1 atom stereocenters. The number of thiocyanates is 1. The fourth-order valence-corrected chi connectivity index (χ4v) is 3.33. The lowest BCUT2D eigenvalue weighted by molar-refractivity contribution is 0.117. The van der Waals surface area contributed by atoms with E-state index >= 15 is 0 Å². The summed E-state index contributed by atoms with van der Waals surface area (Å²) in [5.41, 5.74) is 0.992. The van der Waals surface area contributed by atoms with Crippen molar-refractivity contribution in [2.45, 2.75) is 50.7 Å². The number of aliphatic hydroxyl groups excluding tert-OH is 1. The Morgan fingerprint density at radius 3 is 2.86 bits per heavy atom. The van der Waals surface area contributed by atoms with Gasteiger partial charge in [-0.2, -0.15) is 10.4 Å². The Bertz CT molecular complexity index is 927. The Hall–Kier alpha value is -2.21. The monoisotopic (exact) mass is 436 g/mol. The summed E-state index contributed by atoms with van der Waals surface area (Å²) in [6.45, 7) is 5.98. The lowest BCUT2D eigenvalue weighted by Crippen LogP contribution is -2.29. The van der Waals surface area contributed by atoms with E-state index in [-0.39, 0.29) is 29.8 Å². The average molecular weight is 437 g/mol. The highest BCUT2D eigenvalue weighted by Gasteiger charge is 2.13. The highest BCUT2D eigenvalue weighted by Crippen LogP contribution is 2.27. The first-order valence-electron chi connectivity index (χ1n) is 9.38. The Kier molecular flexibility index (Phi) is 8.83. The van der Waals surface area contributed by atoms with Crippen molar-refractivity contribution >= 4 is 29.1 Å². The van der Waals surface area contributed by atoms with Crippen molar-refractivity contribution < 1.29 is 9.84 Å². The van der Waals surface area contributed by atoms with Gasteiger partial charge in [-0.25, -0.2) is 4.68 Å². The van der Waals surface area contributed by atoms with Crippen LogP contribution in [0.5, 0.6) is 5.75 Å². The molecule has 2 N–H and O–H groups in total. The molecule has 0 saturated heterocycles. The minimum Gasteiger partial charge on any atom is -0.491 e. The summed E-state index contributed by atoms with van der Waals surface area (Å²) in [6, 6.07) is 5.48. The van der Waals surface area contributed by atoms with E-state index in [4.69, 9.17) is 21.6 Å².